The van der Waals surface area contributed by atoms with Crippen molar-refractivity contribution in [2.45, 2.75) is 59.4 Å². The zero-order valence-corrected chi connectivity index (χ0v) is 14.9. The first-order valence-electron chi connectivity index (χ1n) is 7.49. The van der Waals surface area contributed by atoms with Gasteiger partial charge in [-0.05, 0) is 31.8 Å². The molecule has 0 bridgehead atoms. The van der Waals surface area contributed by atoms with E-state index in [9.17, 15) is 0 Å². The van der Waals surface area contributed by atoms with Crippen molar-refractivity contribution in [2.24, 2.45) is 5.84 Å². The third-order valence-corrected chi connectivity index (χ3v) is 4.17. The summed E-state index contributed by atoms with van der Waals surface area (Å²) in [6, 6.07) is 0.371. The fraction of sp³-hybridized carbons (Fsp3) is 0.733. The maximum Gasteiger partial charge on any atom is 0.148 e. The van der Waals surface area contributed by atoms with Crippen LogP contribution in [0.4, 0.5) is 11.6 Å². The van der Waals surface area contributed by atoms with Crippen LogP contribution in [0.25, 0.3) is 0 Å². The van der Waals surface area contributed by atoms with E-state index in [0.717, 1.165) is 35.1 Å². The van der Waals surface area contributed by atoms with E-state index in [1.54, 1.807) is 0 Å². The van der Waals surface area contributed by atoms with Crippen molar-refractivity contribution in [1.29, 1.82) is 0 Å². The normalized spacial score (nSPS) is 13.1. The van der Waals surface area contributed by atoms with Crippen LogP contribution in [0, 0.1) is 6.92 Å². The molecule has 6 heteroatoms. The molecule has 0 saturated carbocycles. The molecule has 0 spiro atoms. The quantitative estimate of drug-likeness (QED) is 0.407. The first-order chi connectivity index (χ1) is 9.79. The first kappa shape index (κ1) is 18.0. The number of hydrazine groups is 1. The van der Waals surface area contributed by atoms with Crippen LogP contribution in [-0.2, 0) is 5.41 Å². The summed E-state index contributed by atoms with van der Waals surface area (Å²) in [6.45, 7) is 12.7. The van der Waals surface area contributed by atoms with Gasteiger partial charge >= 0.3 is 0 Å². The molecule has 4 N–H and O–H groups in total. The molecule has 1 heterocycles. The molecular weight excluding hydrogens is 282 g/mol. The average Bonchev–Trinajstić information content (AvgIpc) is 2.40. The number of anilines is 2. The van der Waals surface area contributed by atoms with Gasteiger partial charge in [-0.25, -0.2) is 15.8 Å². The van der Waals surface area contributed by atoms with Crippen LogP contribution in [-0.4, -0.2) is 27.5 Å². The minimum absolute atomic E-state index is 0.114. The summed E-state index contributed by atoms with van der Waals surface area (Å²) in [5, 5.41) is 3.50. The van der Waals surface area contributed by atoms with E-state index in [-0.39, 0.29) is 5.41 Å². The van der Waals surface area contributed by atoms with Gasteiger partial charge in [0.25, 0.3) is 0 Å². The predicted molar refractivity (Wildman–Crippen MR) is 94.0 cm³/mol. The van der Waals surface area contributed by atoms with Gasteiger partial charge < -0.3 is 10.7 Å². The third-order valence-electron chi connectivity index (χ3n) is 3.24. The Morgan fingerprint density at radius 1 is 1.24 bits per heavy atom. The SMILES string of the molecule is CCSCCC(C)Nc1nc(C(C)(C)C)nc(NN)c1C. The number of hydrogen-bond donors (Lipinski definition) is 3. The molecule has 0 fully saturated rings. The summed E-state index contributed by atoms with van der Waals surface area (Å²) in [6.07, 6.45) is 1.11. The van der Waals surface area contributed by atoms with Crippen LogP contribution in [0.2, 0.25) is 0 Å². The molecule has 0 aliphatic heterocycles. The van der Waals surface area contributed by atoms with Crippen LogP contribution in [0.5, 0.6) is 0 Å². The molecule has 0 saturated heterocycles. The number of nitrogen functional groups attached to an aromatic ring is 1. The van der Waals surface area contributed by atoms with Crippen molar-refractivity contribution in [3.05, 3.63) is 11.4 Å². The van der Waals surface area contributed by atoms with Gasteiger partial charge in [0.15, 0.2) is 0 Å². The van der Waals surface area contributed by atoms with Gasteiger partial charge in [0.2, 0.25) is 0 Å². The van der Waals surface area contributed by atoms with Crippen molar-refractivity contribution < 1.29 is 0 Å². The fourth-order valence-electron chi connectivity index (χ4n) is 1.84. The number of aromatic nitrogens is 2. The Bertz CT molecular complexity index is 456. The van der Waals surface area contributed by atoms with Crippen molar-refractivity contribution in [3.8, 4) is 0 Å². The highest BCUT2D eigenvalue weighted by Crippen LogP contribution is 2.26. The Labute approximate surface area is 132 Å². The molecule has 0 aliphatic carbocycles. The highest BCUT2D eigenvalue weighted by atomic mass is 32.2. The lowest BCUT2D eigenvalue weighted by Gasteiger charge is -2.22. The largest absolute Gasteiger partial charge is 0.367 e. The highest BCUT2D eigenvalue weighted by molar-refractivity contribution is 7.99. The van der Waals surface area contributed by atoms with Crippen molar-refractivity contribution in [1.82, 2.24) is 9.97 Å². The molecular formula is C15H29N5S. The third kappa shape index (κ3) is 5.36. The maximum atomic E-state index is 5.59. The van der Waals surface area contributed by atoms with Crippen molar-refractivity contribution >= 4 is 23.4 Å². The summed E-state index contributed by atoms with van der Waals surface area (Å²) >= 11 is 1.96. The minimum Gasteiger partial charge on any atom is -0.367 e. The Kier molecular flexibility index (Phi) is 6.74. The molecule has 1 rings (SSSR count). The second-order valence-electron chi connectivity index (χ2n) is 6.29. The summed E-state index contributed by atoms with van der Waals surface area (Å²) in [4.78, 5) is 9.21. The molecule has 1 atom stereocenters. The molecule has 0 aliphatic rings. The fourth-order valence-corrected chi connectivity index (χ4v) is 2.65. The Balaban J connectivity index is 2.94. The highest BCUT2D eigenvalue weighted by Gasteiger charge is 2.21. The zero-order chi connectivity index (χ0) is 16.0. The number of thioether (sulfide) groups is 1. The summed E-state index contributed by atoms with van der Waals surface area (Å²) < 4.78 is 0. The second kappa shape index (κ2) is 7.84. The van der Waals surface area contributed by atoms with E-state index < -0.39 is 0 Å². The molecule has 0 radical (unpaired) electrons. The standard InChI is InChI=1S/C15H29N5S/c1-7-21-9-8-10(2)17-12-11(3)13(20-16)19-14(18-12)15(4,5)6/h10H,7-9,16H2,1-6H3,(H2,17,18,19,20). The number of nitrogens with zero attached hydrogens (tertiary/aromatic N) is 2. The molecule has 0 aromatic carbocycles. The Morgan fingerprint density at radius 3 is 2.38 bits per heavy atom. The summed E-state index contributed by atoms with van der Waals surface area (Å²) in [5.41, 5.74) is 3.52. The van der Waals surface area contributed by atoms with Crippen LogP contribution < -0.4 is 16.6 Å². The van der Waals surface area contributed by atoms with Gasteiger partial charge in [-0.1, -0.05) is 27.7 Å². The van der Waals surface area contributed by atoms with Crippen LogP contribution >= 0.6 is 11.8 Å². The van der Waals surface area contributed by atoms with Gasteiger partial charge in [-0.3, -0.25) is 0 Å². The van der Waals surface area contributed by atoms with Gasteiger partial charge in [0.05, 0.1) is 0 Å². The molecule has 1 unspecified atom stereocenters. The first-order valence-corrected chi connectivity index (χ1v) is 8.65. The van der Waals surface area contributed by atoms with E-state index in [4.69, 9.17) is 10.8 Å². The van der Waals surface area contributed by atoms with E-state index in [1.165, 1.54) is 0 Å². The van der Waals surface area contributed by atoms with Gasteiger partial charge in [0, 0.05) is 17.0 Å². The van der Waals surface area contributed by atoms with E-state index in [2.05, 4.69) is 50.3 Å². The van der Waals surface area contributed by atoms with E-state index in [0.29, 0.717) is 11.9 Å². The number of nitrogens with one attached hydrogen (secondary N) is 2. The Hall–Kier alpha value is -1.01. The number of hydrogen-bond acceptors (Lipinski definition) is 6. The number of rotatable bonds is 7. The van der Waals surface area contributed by atoms with Crippen LogP contribution in [0.15, 0.2) is 0 Å². The zero-order valence-electron chi connectivity index (χ0n) is 14.1. The lowest BCUT2D eigenvalue weighted by molar-refractivity contribution is 0.545. The van der Waals surface area contributed by atoms with Gasteiger partial charge in [-0.2, -0.15) is 11.8 Å². The Morgan fingerprint density at radius 2 is 1.86 bits per heavy atom. The monoisotopic (exact) mass is 311 g/mol. The van der Waals surface area contributed by atoms with Crippen LogP contribution in [0.3, 0.4) is 0 Å². The topological polar surface area (TPSA) is 75.9 Å². The summed E-state index contributed by atoms with van der Waals surface area (Å²) in [5.74, 6) is 10.3. The molecule has 120 valence electrons. The maximum absolute atomic E-state index is 5.59. The number of nitrogens with two attached hydrogens (primary N) is 1. The second-order valence-corrected chi connectivity index (χ2v) is 7.69. The average molecular weight is 311 g/mol. The molecule has 5 nitrogen and oxygen atoms in total. The molecule has 1 aromatic heterocycles. The predicted octanol–water partition coefficient (Wildman–Crippen LogP) is 3.31. The molecule has 0 amide bonds. The molecule has 1 aromatic rings. The minimum atomic E-state index is -0.114. The van der Waals surface area contributed by atoms with Gasteiger partial charge in [0.1, 0.15) is 17.5 Å². The van der Waals surface area contributed by atoms with Crippen molar-refractivity contribution in [2.75, 3.05) is 22.2 Å². The van der Waals surface area contributed by atoms with Crippen LogP contribution in [0.1, 0.15) is 52.4 Å². The van der Waals surface area contributed by atoms with Crippen molar-refractivity contribution in [3.63, 3.8) is 0 Å². The van der Waals surface area contributed by atoms with E-state index >= 15 is 0 Å². The van der Waals surface area contributed by atoms with E-state index in [1.807, 2.05) is 18.7 Å². The molecule has 21 heavy (non-hydrogen) atoms. The van der Waals surface area contributed by atoms with Gasteiger partial charge in [-0.15, -0.1) is 0 Å². The lowest BCUT2D eigenvalue weighted by atomic mass is 9.95. The summed E-state index contributed by atoms with van der Waals surface area (Å²) in [7, 11) is 0. The smallest absolute Gasteiger partial charge is 0.148 e. The lowest BCUT2D eigenvalue weighted by Crippen LogP contribution is -2.24.